The molecule has 0 amide bonds. The summed E-state index contributed by atoms with van der Waals surface area (Å²) in [6.45, 7) is 2.05. The van der Waals surface area contributed by atoms with Gasteiger partial charge in [0.25, 0.3) is 0 Å². The zero-order valence-corrected chi connectivity index (χ0v) is 9.43. The Balaban J connectivity index is 2.80. The number of hydrazine groups is 1. The molecule has 0 aromatic carbocycles. The lowest BCUT2D eigenvalue weighted by molar-refractivity contribution is -0.124. The summed E-state index contributed by atoms with van der Waals surface area (Å²) in [6.07, 6.45) is -0.367. The van der Waals surface area contributed by atoms with E-state index in [0.29, 0.717) is 0 Å². The quantitative estimate of drug-likeness (QED) is 0.441. The van der Waals surface area contributed by atoms with Crippen LogP contribution in [0, 0.1) is 6.92 Å². The summed E-state index contributed by atoms with van der Waals surface area (Å²) in [6, 6.07) is 1.94. The van der Waals surface area contributed by atoms with Crippen LogP contribution >= 0.6 is 11.3 Å². The summed E-state index contributed by atoms with van der Waals surface area (Å²) in [7, 11) is 3.19. The summed E-state index contributed by atoms with van der Waals surface area (Å²) >= 11 is 1.68. The maximum absolute atomic E-state index is 5.46. The molecule has 5 heteroatoms. The van der Waals surface area contributed by atoms with E-state index >= 15 is 0 Å². The molecule has 0 aliphatic carbocycles. The number of rotatable bonds is 5. The lowest BCUT2D eigenvalue weighted by atomic mass is 10.1. The predicted octanol–water partition coefficient (Wildman–Crippen LogP) is 1.18. The molecule has 1 rings (SSSR count). The molecule has 14 heavy (non-hydrogen) atoms. The lowest BCUT2D eigenvalue weighted by Crippen LogP contribution is -2.38. The molecule has 3 N–H and O–H groups in total. The number of hydrogen-bond donors (Lipinski definition) is 2. The van der Waals surface area contributed by atoms with E-state index in [9.17, 15) is 0 Å². The van der Waals surface area contributed by atoms with Gasteiger partial charge in [-0.15, -0.1) is 11.3 Å². The van der Waals surface area contributed by atoms with E-state index in [1.807, 2.05) is 5.38 Å². The van der Waals surface area contributed by atoms with Gasteiger partial charge in [-0.05, 0) is 23.9 Å². The number of ether oxygens (including phenoxy) is 2. The molecule has 1 heterocycles. The summed E-state index contributed by atoms with van der Waals surface area (Å²) < 4.78 is 10.3. The molecule has 0 aliphatic heterocycles. The van der Waals surface area contributed by atoms with Gasteiger partial charge in [-0.3, -0.25) is 5.84 Å². The largest absolute Gasteiger partial charge is 0.354 e. The third-order valence-corrected chi connectivity index (χ3v) is 2.91. The third-order valence-electron chi connectivity index (χ3n) is 2.03. The van der Waals surface area contributed by atoms with Crippen LogP contribution in [0.3, 0.4) is 0 Å². The number of nitrogens with two attached hydrogens (primary N) is 1. The van der Waals surface area contributed by atoms with Gasteiger partial charge < -0.3 is 9.47 Å². The van der Waals surface area contributed by atoms with Crippen LogP contribution in [0.25, 0.3) is 0 Å². The Morgan fingerprint density at radius 1 is 1.43 bits per heavy atom. The van der Waals surface area contributed by atoms with E-state index in [-0.39, 0.29) is 12.3 Å². The molecule has 1 atom stereocenters. The molecule has 0 bridgehead atoms. The normalized spacial score (nSPS) is 13.5. The number of nitrogens with one attached hydrogen (secondary N) is 1. The van der Waals surface area contributed by atoms with Gasteiger partial charge in [-0.1, -0.05) is 0 Å². The Morgan fingerprint density at radius 3 is 2.43 bits per heavy atom. The first-order valence-corrected chi connectivity index (χ1v) is 5.17. The Hall–Kier alpha value is -0.460. The molecule has 0 saturated heterocycles. The summed E-state index contributed by atoms with van der Waals surface area (Å²) in [5.41, 5.74) is 3.78. The first kappa shape index (κ1) is 11.6. The molecule has 0 spiro atoms. The van der Waals surface area contributed by atoms with E-state index in [4.69, 9.17) is 15.3 Å². The van der Waals surface area contributed by atoms with Gasteiger partial charge in [0, 0.05) is 19.1 Å². The maximum atomic E-state index is 5.46. The van der Waals surface area contributed by atoms with Gasteiger partial charge in [0.15, 0.2) is 6.29 Å². The number of aryl methyl sites for hydroxylation is 1. The average molecular weight is 216 g/mol. The highest BCUT2D eigenvalue weighted by Crippen LogP contribution is 2.23. The minimum atomic E-state index is -0.367. The standard InChI is InChI=1S/C9H16N2O2S/c1-6-4-7(5-14-6)8(11-10)9(12-2)13-3/h4-5,8-9,11H,10H2,1-3H3. The second-order valence-corrected chi connectivity index (χ2v) is 4.09. The van der Waals surface area contributed by atoms with Crippen molar-refractivity contribution < 1.29 is 9.47 Å². The monoisotopic (exact) mass is 216 g/mol. The van der Waals surface area contributed by atoms with E-state index < -0.39 is 0 Å². The highest BCUT2D eigenvalue weighted by molar-refractivity contribution is 7.10. The fourth-order valence-electron chi connectivity index (χ4n) is 1.33. The number of hydrogen-bond acceptors (Lipinski definition) is 5. The molecule has 0 saturated carbocycles. The van der Waals surface area contributed by atoms with Gasteiger partial charge in [0.05, 0.1) is 6.04 Å². The Morgan fingerprint density at radius 2 is 2.07 bits per heavy atom. The zero-order chi connectivity index (χ0) is 10.6. The van der Waals surface area contributed by atoms with Gasteiger partial charge in [0.2, 0.25) is 0 Å². The molecule has 80 valence electrons. The van der Waals surface area contributed by atoms with Crippen LogP contribution in [-0.2, 0) is 9.47 Å². The van der Waals surface area contributed by atoms with Crippen molar-refractivity contribution in [1.29, 1.82) is 0 Å². The van der Waals surface area contributed by atoms with E-state index in [0.717, 1.165) is 5.56 Å². The van der Waals surface area contributed by atoms with Crippen LogP contribution in [0.1, 0.15) is 16.5 Å². The first-order chi connectivity index (χ1) is 6.72. The van der Waals surface area contributed by atoms with Crippen molar-refractivity contribution in [2.75, 3.05) is 14.2 Å². The second kappa shape index (κ2) is 5.43. The van der Waals surface area contributed by atoms with Gasteiger partial charge in [0.1, 0.15) is 0 Å². The van der Waals surface area contributed by atoms with Crippen molar-refractivity contribution in [3.05, 3.63) is 21.9 Å². The van der Waals surface area contributed by atoms with Crippen LogP contribution < -0.4 is 11.3 Å². The number of thiophene rings is 1. The fraction of sp³-hybridized carbons (Fsp3) is 0.556. The summed E-state index contributed by atoms with van der Waals surface area (Å²) in [4.78, 5) is 1.24. The van der Waals surface area contributed by atoms with Gasteiger partial charge in [-0.25, -0.2) is 5.43 Å². The molecule has 1 aromatic heterocycles. The summed E-state index contributed by atoms with van der Waals surface area (Å²) in [5, 5.41) is 2.05. The van der Waals surface area contributed by atoms with Crippen molar-refractivity contribution >= 4 is 11.3 Å². The van der Waals surface area contributed by atoms with E-state index in [1.165, 1.54) is 4.88 Å². The van der Waals surface area contributed by atoms with Crippen molar-refractivity contribution in [2.45, 2.75) is 19.3 Å². The van der Waals surface area contributed by atoms with Crippen LogP contribution in [0.15, 0.2) is 11.4 Å². The Kier molecular flexibility index (Phi) is 4.50. The lowest BCUT2D eigenvalue weighted by Gasteiger charge is -2.23. The zero-order valence-electron chi connectivity index (χ0n) is 8.61. The van der Waals surface area contributed by atoms with E-state index in [1.54, 1.807) is 25.6 Å². The van der Waals surface area contributed by atoms with Crippen molar-refractivity contribution in [3.8, 4) is 0 Å². The molecular weight excluding hydrogens is 200 g/mol. The molecule has 0 radical (unpaired) electrons. The van der Waals surface area contributed by atoms with Crippen LogP contribution in [0.5, 0.6) is 0 Å². The van der Waals surface area contributed by atoms with E-state index in [2.05, 4.69) is 18.4 Å². The minimum absolute atomic E-state index is 0.130. The molecular formula is C9H16N2O2S. The molecule has 0 aliphatic rings. The van der Waals surface area contributed by atoms with Crippen LogP contribution in [0.4, 0.5) is 0 Å². The van der Waals surface area contributed by atoms with Gasteiger partial charge >= 0.3 is 0 Å². The average Bonchev–Trinajstić information content (AvgIpc) is 2.60. The first-order valence-electron chi connectivity index (χ1n) is 4.29. The van der Waals surface area contributed by atoms with Crippen LogP contribution in [0.2, 0.25) is 0 Å². The smallest absolute Gasteiger partial charge is 0.177 e. The van der Waals surface area contributed by atoms with Crippen molar-refractivity contribution in [1.82, 2.24) is 5.43 Å². The highest BCUT2D eigenvalue weighted by Gasteiger charge is 2.22. The predicted molar refractivity (Wildman–Crippen MR) is 56.9 cm³/mol. The Labute approximate surface area is 88.0 Å². The van der Waals surface area contributed by atoms with Gasteiger partial charge in [-0.2, -0.15) is 0 Å². The minimum Gasteiger partial charge on any atom is -0.354 e. The Bertz CT molecular complexity index is 274. The van der Waals surface area contributed by atoms with Crippen molar-refractivity contribution in [3.63, 3.8) is 0 Å². The van der Waals surface area contributed by atoms with Crippen LogP contribution in [-0.4, -0.2) is 20.5 Å². The molecule has 4 nitrogen and oxygen atoms in total. The van der Waals surface area contributed by atoms with Crippen molar-refractivity contribution in [2.24, 2.45) is 5.84 Å². The second-order valence-electron chi connectivity index (χ2n) is 2.97. The molecule has 0 fully saturated rings. The number of methoxy groups -OCH3 is 2. The SMILES string of the molecule is COC(OC)C(NN)c1csc(C)c1. The fourth-order valence-corrected chi connectivity index (χ4v) is 2.07. The molecule has 1 aromatic rings. The maximum Gasteiger partial charge on any atom is 0.177 e. The highest BCUT2D eigenvalue weighted by atomic mass is 32.1. The molecule has 1 unspecified atom stereocenters. The topological polar surface area (TPSA) is 56.5 Å². The third kappa shape index (κ3) is 2.52. The summed E-state index contributed by atoms with van der Waals surface area (Å²) in [5.74, 6) is 5.46.